The number of methoxy groups -OCH3 is 1. The quantitative estimate of drug-likeness (QED) is 0.533. The molecule has 1 aliphatic rings. The summed E-state index contributed by atoms with van der Waals surface area (Å²) >= 11 is 0. The lowest BCUT2D eigenvalue weighted by atomic mass is 9.96. The highest BCUT2D eigenvalue weighted by Gasteiger charge is 2.16. The van der Waals surface area contributed by atoms with Crippen LogP contribution in [0.5, 0.6) is 0 Å². The Morgan fingerprint density at radius 3 is 1.91 bits per heavy atom. The van der Waals surface area contributed by atoms with Crippen LogP contribution in [0.1, 0.15) is 51.9 Å². The van der Waals surface area contributed by atoms with Gasteiger partial charge in [0.2, 0.25) is 0 Å². The summed E-state index contributed by atoms with van der Waals surface area (Å²) in [7, 11) is 1.45. The molecule has 0 heterocycles. The number of rotatable bonds is 4. The zero-order valence-electron chi connectivity index (χ0n) is 13.3. The van der Waals surface area contributed by atoms with Crippen molar-refractivity contribution in [3.63, 3.8) is 0 Å². The molecule has 7 nitrogen and oxygen atoms in total. The van der Waals surface area contributed by atoms with Gasteiger partial charge in [-0.15, -0.1) is 0 Å². The van der Waals surface area contributed by atoms with E-state index in [4.69, 9.17) is 24.5 Å². The summed E-state index contributed by atoms with van der Waals surface area (Å²) in [5.74, 6) is -3.79. The Balaban J connectivity index is 0.000000626. The van der Waals surface area contributed by atoms with E-state index in [1.165, 1.54) is 52.1 Å². The molecule has 0 aliphatic heterocycles. The zero-order valence-corrected chi connectivity index (χ0v) is 13.3. The second-order valence-corrected chi connectivity index (χ2v) is 5.48. The van der Waals surface area contributed by atoms with Crippen molar-refractivity contribution in [3.05, 3.63) is 0 Å². The molecular weight excluding hydrogens is 290 g/mol. The number of esters is 1. The second-order valence-electron chi connectivity index (χ2n) is 5.48. The number of nitrogens with one attached hydrogen (secondary N) is 1. The van der Waals surface area contributed by atoms with Crippen molar-refractivity contribution in [2.45, 2.75) is 57.9 Å². The molecule has 1 fully saturated rings. The molecule has 0 bridgehead atoms. The summed E-state index contributed by atoms with van der Waals surface area (Å²) in [6, 6.07) is 0.604. The molecule has 1 saturated carbocycles. The van der Waals surface area contributed by atoms with Crippen LogP contribution in [0.25, 0.3) is 0 Å². The monoisotopic (exact) mass is 317 g/mol. The van der Waals surface area contributed by atoms with Gasteiger partial charge in [0.05, 0.1) is 13.0 Å². The predicted octanol–water partition coefficient (Wildman–Crippen LogP) is 1.65. The van der Waals surface area contributed by atoms with Gasteiger partial charge in [0.15, 0.2) is 0 Å². The molecule has 128 valence electrons. The van der Waals surface area contributed by atoms with E-state index in [2.05, 4.69) is 5.32 Å². The van der Waals surface area contributed by atoms with E-state index >= 15 is 0 Å². The van der Waals surface area contributed by atoms with E-state index in [9.17, 15) is 4.79 Å². The van der Waals surface area contributed by atoms with Gasteiger partial charge in [0.25, 0.3) is 0 Å². The topological polar surface area (TPSA) is 113 Å². The average molecular weight is 317 g/mol. The average Bonchev–Trinajstić information content (AvgIpc) is 2.45. The minimum absolute atomic E-state index is 0.0320. The molecule has 1 atom stereocenters. The Morgan fingerprint density at radius 2 is 1.50 bits per heavy atom. The summed E-state index contributed by atoms with van der Waals surface area (Å²) < 4.78 is 4.72. The fourth-order valence-electron chi connectivity index (χ4n) is 2.29. The largest absolute Gasteiger partial charge is 0.473 e. The van der Waals surface area contributed by atoms with Crippen molar-refractivity contribution in [1.82, 2.24) is 5.32 Å². The maximum absolute atomic E-state index is 11.2. The SMILES string of the molecule is COC(=O)C(C)CNC1CCCCCCC1.O=C(O)C(=O)O. The Labute approximate surface area is 131 Å². The Bertz CT molecular complexity index is 338. The van der Waals surface area contributed by atoms with E-state index in [1.54, 1.807) is 0 Å². The molecule has 1 aliphatic carbocycles. The first-order valence-electron chi connectivity index (χ1n) is 7.65. The maximum atomic E-state index is 11.2. The van der Waals surface area contributed by atoms with Gasteiger partial charge < -0.3 is 20.3 Å². The number of ether oxygens (including phenoxy) is 1. The molecule has 1 rings (SSSR count). The molecule has 0 spiro atoms. The van der Waals surface area contributed by atoms with Gasteiger partial charge in [-0.25, -0.2) is 9.59 Å². The Kier molecular flexibility index (Phi) is 11.1. The van der Waals surface area contributed by atoms with Gasteiger partial charge in [-0.3, -0.25) is 4.79 Å². The third kappa shape index (κ3) is 10.1. The number of hydrogen-bond donors (Lipinski definition) is 3. The molecule has 1 unspecified atom stereocenters. The van der Waals surface area contributed by atoms with E-state index in [0.717, 1.165) is 6.54 Å². The molecule has 22 heavy (non-hydrogen) atoms. The third-order valence-corrected chi connectivity index (χ3v) is 3.60. The summed E-state index contributed by atoms with van der Waals surface area (Å²) in [6.07, 6.45) is 9.29. The van der Waals surface area contributed by atoms with Crippen LogP contribution in [-0.2, 0) is 19.1 Å². The standard InChI is InChI=1S/C13H25NO2.C2H2O4/c1-11(13(15)16-2)10-14-12-8-6-4-3-5-7-9-12;3-1(4)2(5)6/h11-12,14H,3-10H2,1-2H3;(H,3,4)(H,5,6). The molecule has 0 aromatic rings. The minimum atomic E-state index is -1.82. The van der Waals surface area contributed by atoms with Crippen LogP contribution in [0, 0.1) is 5.92 Å². The van der Waals surface area contributed by atoms with Crippen molar-refractivity contribution in [2.24, 2.45) is 5.92 Å². The summed E-state index contributed by atoms with van der Waals surface area (Å²) in [5, 5.41) is 18.3. The van der Waals surface area contributed by atoms with Gasteiger partial charge in [-0.05, 0) is 12.8 Å². The molecule has 0 aromatic carbocycles. The van der Waals surface area contributed by atoms with E-state index in [-0.39, 0.29) is 11.9 Å². The zero-order chi connectivity index (χ0) is 17.0. The van der Waals surface area contributed by atoms with Crippen molar-refractivity contribution in [1.29, 1.82) is 0 Å². The molecule has 0 aromatic heterocycles. The molecular formula is C15H27NO6. The normalized spacial score (nSPS) is 17.2. The van der Waals surface area contributed by atoms with Gasteiger partial charge in [-0.2, -0.15) is 0 Å². The van der Waals surface area contributed by atoms with E-state index in [0.29, 0.717) is 6.04 Å². The first-order valence-corrected chi connectivity index (χ1v) is 7.65. The highest BCUT2D eigenvalue weighted by atomic mass is 16.5. The van der Waals surface area contributed by atoms with Crippen molar-refractivity contribution in [2.75, 3.05) is 13.7 Å². The molecule has 0 radical (unpaired) electrons. The maximum Gasteiger partial charge on any atom is 0.414 e. The van der Waals surface area contributed by atoms with E-state index in [1.807, 2.05) is 6.92 Å². The van der Waals surface area contributed by atoms with Crippen molar-refractivity contribution in [3.8, 4) is 0 Å². The van der Waals surface area contributed by atoms with Crippen molar-refractivity contribution >= 4 is 17.9 Å². The van der Waals surface area contributed by atoms with Gasteiger partial charge in [-0.1, -0.05) is 39.0 Å². The van der Waals surface area contributed by atoms with Crippen LogP contribution in [0.3, 0.4) is 0 Å². The number of aliphatic carboxylic acids is 2. The van der Waals surface area contributed by atoms with Gasteiger partial charge in [0, 0.05) is 12.6 Å². The molecule has 0 amide bonds. The van der Waals surface area contributed by atoms with Gasteiger partial charge in [0.1, 0.15) is 0 Å². The van der Waals surface area contributed by atoms with Crippen LogP contribution in [-0.4, -0.2) is 47.8 Å². The van der Waals surface area contributed by atoms with Crippen LogP contribution < -0.4 is 5.32 Å². The third-order valence-electron chi connectivity index (χ3n) is 3.60. The second kappa shape index (κ2) is 12.0. The number of carbonyl (C=O) groups excluding carboxylic acids is 1. The van der Waals surface area contributed by atoms with Crippen LogP contribution in [0.4, 0.5) is 0 Å². The van der Waals surface area contributed by atoms with Crippen LogP contribution >= 0.6 is 0 Å². The molecule has 7 heteroatoms. The predicted molar refractivity (Wildman–Crippen MR) is 80.6 cm³/mol. The van der Waals surface area contributed by atoms with E-state index < -0.39 is 11.9 Å². The first kappa shape index (κ1) is 20.4. The number of carboxylic acids is 2. The minimum Gasteiger partial charge on any atom is -0.473 e. The lowest BCUT2D eigenvalue weighted by Gasteiger charge is -2.22. The lowest BCUT2D eigenvalue weighted by Crippen LogP contribution is -2.35. The smallest absolute Gasteiger partial charge is 0.414 e. The number of hydrogen-bond acceptors (Lipinski definition) is 5. The number of carboxylic acid groups (broad SMARTS) is 2. The Hall–Kier alpha value is -1.63. The fourth-order valence-corrected chi connectivity index (χ4v) is 2.29. The fraction of sp³-hybridized carbons (Fsp3) is 0.800. The number of carbonyl (C=O) groups is 3. The summed E-state index contributed by atoms with van der Waals surface area (Å²) in [5.41, 5.74) is 0. The Morgan fingerprint density at radius 1 is 1.05 bits per heavy atom. The molecule has 3 N–H and O–H groups in total. The van der Waals surface area contributed by atoms with Crippen molar-refractivity contribution < 1.29 is 29.3 Å². The highest BCUT2D eigenvalue weighted by molar-refractivity contribution is 6.27. The lowest BCUT2D eigenvalue weighted by molar-refractivity contribution is -0.159. The van der Waals surface area contributed by atoms with Crippen LogP contribution in [0.2, 0.25) is 0 Å². The summed E-state index contributed by atoms with van der Waals surface area (Å²) in [6.45, 7) is 2.67. The first-order chi connectivity index (χ1) is 10.4. The van der Waals surface area contributed by atoms with Crippen LogP contribution in [0.15, 0.2) is 0 Å². The van der Waals surface area contributed by atoms with Gasteiger partial charge >= 0.3 is 17.9 Å². The highest BCUT2D eigenvalue weighted by Crippen LogP contribution is 2.17. The summed E-state index contributed by atoms with van der Waals surface area (Å²) in [4.78, 5) is 29.4. The molecule has 0 saturated heterocycles.